The summed E-state index contributed by atoms with van der Waals surface area (Å²) in [5, 5.41) is 4.00. The van der Waals surface area contributed by atoms with Gasteiger partial charge in [0, 0.05) is 34.1 Å². The third-order valence-electron chi connectivity index (χ3n) is 7.39. The maximum absolute atomic E-state index is 14.6. The molecule has 0 heterocycles. The molecule has 242 valence electrons. The van der Waals surface area contributed by atoms with Crippen molar-refractivity contribution in [1.82, 2.24) is 10.2 Å². The second-order valence-corrected chi connectivity index (χ2v) is 14.5. The molecule has 7 nitrogen and oxygen atoms in total. The van der Waals surface area contributed by atoms with Crippen molar-refractivity contribution in [2.75, 3.05) is 10.8 Å². The zero-order valence-corrected chi connectivity index (χ0v) is 29.1. The first-order valence-electron chi connectivity index (χ1n) is 14.7. The quantitative estimate of drug-likeness (QED) is 0.165. The van der Waals surface area contributed by atoms with Crippen molar-refractivity contribution >= 4 is 62.3 Å². The van der Waals surface area contributed by atoms with E-state index in [0.29, 0.717) is 20.6 Å². The average Bonchev–Trinajstić information content (AvgIpc) is 3.00. The van der Waals surface area contributed by atoms with Crippen LogP contribution in [-0.2, 0) is 32.6 Å². The number of hydrogen-bond donors (Lipinski definition) is 1. The molecule has 2 amide bonds. The molecule has 0 radical (unpaired) electrons. The molecule has 11 heteroatoms. The first-order valence-corrected chi connectivity index (χ1v) is 17.3. The number of nitrogens with zero attached hydrogens (tertiary/aromatic N) is 2. The topological polar surface area (TPSA) is 86.8 Å². The minimum atomic E-state index is -4.26. The van der Waals surface area contributed by atoms with Crippen LogP contribution in [0.3, 0.4) is 0 Å². The predicted octanol–water partition coefficient (Wildman–Crippen LogP) is 7.62. The van der Waals surface area contributed by atoms with E-state index >= 15 is 0 Å². The molecule has 0 aliphatic heterocycles. The molecule has 0 fully saturated rings. The number of nitrogens with one attached hydrogen (secondary N) is 1. The molecule has 0 aromatic heterocycles. The lowest BCUT2D eigenvalue weighted by atomic mass is 10.0. The predicted molar refractivity (Wildman–Crippen MR) is 186 cm³/mol. The number of benzene rings is 4. The summed E-state index contributed by atoms with van der Waals surface area (Å²) >= 11 is 19.2. The Labute approximate surface area is 286 Å². The van der Waals surface area contributed by atoms with Crippen molar-refractivity contribution in [3.8, 4) is 0 Å². The fraction of sp³-hybridized carbons (Fsp3) is 0.257. The fourth-order valence-electron chi connectivity index (χ4n) is 4.87. The minimum absolute atomic E-state index is 0.00767. The lowest BCUT2D eigenvalue weighted by Crippen LogP contribution is -2.54. The second-order valence-electron chi connectivity index (χ2n) is 11.4. The summed E-state index contributed by atoms with van der Waals surface area (Å²) in [5.41, 5.74) is 3.20. The van der Waals surface area contributed by atoms with Crippen molar-refractivity contribution in [1.29, 1.82) is 0 Å². The van der Waals surface area contributed by atoms with Gasteiger partial charge >= 0.3 is 0 Å². The fourth-order valence-corrected chi connectivity index (χ4v) is 6.92. The van der Waals surface area contributed by atoms with Gasteiger partial charge in [-0.3, -0.25) is 13.9 Å². The molecule has 0 saturated carbocycles. The number of anilines is 1. The first kappa shape index (κ1) is 35.3. The number of hydrogen-bond acceptors (Lipinski definition) is 4. The van der Waals surface area contributed by atoms with Crippen molar-refractivity contribution in [2.45, 2.75) is 57.6 Å². The van der Waals surface area contributed by atoms with E-state index in [1.165, 1.54) is 23.1 Å². The molecular weight excluding hydrogens is 665 g/mol. The standard InChI is InChI=1S/C35H36Cl3N3O4S/c1-23(2)39-35(43)33(18-26-8-6-5-7-9-26)40(21-27-13-14-28(36)19-32(27)38)34(42)22-41(29-15-12-25(4)31(37)20-29)46(44,45)30-16-10-24(3)11-17-30/h5-17,19-20,23,33H,18,21-22H2,1-4H3,(H,39,43)/t33-/m0/s1. The molecular formula is C35H36Cl3N3O4S. The Morgan fingerprint density at radius 2 is 1.50 bits per heavy atom. The van der Waals surface area contributed by atoms with Gasteiger partial charge in [0.2, 0.25) is 11.8 Å². The van der Waals surface area contributed by atoms with Gasteiger partial charge in [0.05, 0.1) is 10.6 Å². The van der Waals surface area contributed by atoms with E-state index in [1.807, 2.05) is 51.1 Å². The molecule has 0 spiro atoms. The Balaban J connectivity index is 1.84. The van der Waals surface area contributed by atoms with Gasteiger partial charge < -0.3 is 10.2 Å². The summed E-state index contributed by atoms with van der Waals surface area (Å²) in [6, 6.07) is 24.2. The molecule has 1 atom stereocenters. The molecule has 0 aliphatic rings. The second kappa shape index (κ2) is 15.4. The minimum Gasteiger partial charge on any atom is -0.352 e. The highest BCUT2D eigenvalue weighted by atomic mass is 35.5. The molecule has 0 bridgehead atoms. The Hall–Kier alpha value is -3.56. The van der Waals surface area contributed by atoms with Crippen LogP contribution in [0.2, 0.25) is 15.1 Å². The number of rotatable bonds is 12. The molecule has 46 heavy (non-hydrogen) atoms. The van der Waals surface area contributed by atoms with E-state index < -0.39 is 28.5 Å². The van der Waals surface area contributed by atoms with Crippen LogP contribution in [0.15, 0.2) is 95.9 Å². The van der Waals surface area contributed by atoms with E-state index in [1.54, 1.807) is 49.4 Å². The molecule has 0 saturated heterocycles. The number of halogens is 3. The number of carbonyl (C=O) groups excluding carboxylic acids is 2. The van der Waals surface area contributed by atoms with Gasteiger partial charge in [0.25, 0.3) is 10.0 Å². The molecule has 4 aromatic rings. The normalized spacial score (nSPS) is 12.1. The molecule has 0 aliphatic carbocycles. The summed E-state index contributed by atoms with van der Waals surface area (Å²) in [5.74, 6) is -0.998. The van der Waals surface area contributed by atoms with Gasteiger partial charge in [-0.15, -0.1) is 0 Å². The Kier molecular flexibility index (Phi) is 11.8. The van der Waals surface area contributed by atoms with Crippen molar-refractivity contribution in [3.63, 3.8) is 0 Å². The molecule has 0 unspecified atom stereocenters. The molecule has 1 N–H and O–H groups in total. The van der Waals surface area contributed by atoms with Crippen molar-refractivity contribution < 1.29 is 18.0 Å². The summed E-state index contributed by atoms with van der Waals surface area (Å²) in [6.45, 7) is 6.63. The number of aryl methyl sites for hydroxylation is 2. The number of sulfonamides is 1. The summed E-state index contributed by atoms with van der Waals surface area (Å²) in [7, 11) is -4.26. The van der Waals surface area contributed by atoms with Crippen LogP contribution in [-0.4, -0.2) is 43.8 Å². The van der Waals surface area contributed by atoms with Crippen LogP contribution in [0.1, 0.15) is 36.1 Å². The summed E-state index contributed by atoms with van der Waals surface area (Å²) in [4.78, 5) is 29.8. The molecule has 4 rings (SSSR count). The highest BCUT2D eigenvalue weighted by molar-refractivity contribution is 7.92. The number of amides is 2. The monoisotopic (exact) mass is 699 g/mol. The lowest BCUT2D eigenvalue weighted by molar-refractivity contribution is -0.140. The van der Waals surface area contributed by atoms with Gasteiger partial charge in [-0.2, -0.15) is 0 Å². The third kappa shape index (κ3) is 8.82. The lowest BCUT2D eigenvalue weighted by Gasteiger charge is -2.34. The van der Waals surface area contributed by atoms with E-state index in [4.69, 9.17) is 34.8 Å². The maximum Gasteiger partial charge on any atom is 0.264 e. The van der Waals surface area contributed by atoms with Crippen LogP contribution in [0.5, 0.6) is 0 Å². The Bertz CT molecular complexity index is 1800. The highest BCUT2D eigenvalue weighted by Crippen LogP contribution is 2.30. The van der Waals surface area contributed by atoms with Crippen molar-refractivity contribution in [2.24, 2.45) is 0 Å². The van der Waals surface area contributed by atoms with Crippen molar-refractivity contribution in [3.05, 3.63) is 128 Å². The Morgan fingerprint density at radius 3 is 2.11 bits per heavy atom. The zero-order valence-electron chi connectivity index (χ0n) is 26.0. The van der Waals surface area contributed by atoms with E-state index in [2.05, 4.69) is 5.32 Å². The zero-order chi connectivity index (χ0) is 33.6. The summed E-state index contributed by atoms with van der Waals surface area (Å²) < 4.78 is 29.4. The largest absolute Gasteiger partial charge is 0.352 e. The van der Waals surface area contributed by atoms with E-state index in [9.17, 15) is 18.0 Å². The van der Waals surface area contributed by atoms with Crippen LogP contribution < -0.4 is 9.62 Å². The third-order valence-corrected chi connectivity index (χ3v) is 10.2. The van der Waals surface area contributed by atoms with Crippen LogP contribution in [0.4, 0.5) is 5.69 Å². The van der Waals surface area contributed by atoms with Crippen LogP contribution in [0, 0.1) is 13.8 Å². The molecule has 4 aromatic carbocycles. The van der Waals surface area contributed by atoms with Gasteiger partial charge in [0.1, 0.15) is 12.6 Å². The van der Waals surface area contributed by atoms with Crippen LogP contribution >= 0.6 is 34.8 Å². The smallest absolute Gasteiger partial charge is 0.264 e. The average molecular weight is 701 g/mol. The van der Waals surface area contributed by atoms with Gasteiger partial charge in [-0.1, -0.05) is 95.0 Å². The van der Waals surface area contributed by atoms with Gasteiger partial charge in [-0.05, 0) is 80.8 Å². The SMILES string of the molecule is Cc1ccc(S(=O)(=O)N(CC(=O)N(Cc2ccc(Cl)cc2Cl)[C@@H](Cc2ccccc2)C(=O)NC(C)C)c2ccc(C)c(Cl)c2)cc1. The maximum atomic E-state index is 14.6. The van der Waals surface area contributed by atoms with E-state index in [-0.39, 0.29) is 35.5 Å². The van der Waals surface area contributed by atoms with Gasteiger partial charge in [0.15, 0.2) is 0 Å². The number of carbonyl (C=O) groups is 2. The van der Waals surface area contributed by atoms with E-state index in [0.717, 1.165) is 21.0 Å². The highest BCUT2D eigenvalue weighted by Gasteiger charge is 2.35. The van der Waals surface area contributed by atoms with Crippen LogP contribution in [0.25, 0.3) is 0 Å². The Morgan fingerprint density at radius 1 is 0.826 bits per heavy atom. The summed E-state index contributed by atoms with van der Waals surface area (Å²) in [6.07, 6.45) is 0.178. The first-order chi connectivity index (χ1) is 21.8. The van der Waals surface area contributed by atoms with Gasteiger partial charge in [-0.25, -0.2) is 8.42 Å².